The lowest BCUT2D eigenvalue weighted by Gasteiger charge is -2.38. The van der Waals surface area contributed by atoms with Crippen LogP contribution in [0.1, 0.15) is 69.8 Å². The Hall–Kier alpha value is -5.32. The zero-order valence-corrected chi connectivity index (χ0v) is 26.1. The third kappa shape index (κ3) is 7.48. The van der Waals surface area contributed by atoms with Crippen molar-refractivity contribution < 1.29 is 34.1 Å². The number of aromatic amines is 1. The Balaban J connectivity index is 0.000000985. The number of benzene rings is 3. The molecule has 4 aromatic rings. The fourth-order valence-electron chi connectivity index (χ4n) is 5.67. The SMILES string of the molecule is CC(=O)O.Cc1[nH]nc(CCC(=O)N2CCc3cc4ccc3C2c2cccc(c2)OCCCNC(=O)c2cc(ccc2O)O4)c1C. The van der Waals surface area contributed by atoms with Crippen LogP contribution in [0.3, 0.4) is 0 Å². The number of phenols is 1. The van der Waals surface area contributed by atoms with Crippen LogP contribution in [0.5, 0.6) is 23.0 Å². The molecular weight excluding hydrogens is 588 g/mol. The Morgan fingerprint density at radius 2 is 1.80 bits per heavy atom. The quantitative estimate of drug-likeness (QED) is 0.241. The molecule has 0 saturated carbocycles. The monoisotopic (exact) mass is 626 g/mol. The number of ether oxygens (including phenoxy) is 2. The summed E-state index contributed by atoms with van der Waals surface area (Å²) < 4.78 is 12.2. The van der Waals surface area contributed by atoms with Crippen LogP contribution in [0, 0.1) is 13.8 Å². The zero-order valence-electron chi connectivity index (χ0n) is 26.1. The maximum atomic E-state index is 13.8. The molecule has 0 fully saturated rings. The van der Waals surface area contributed by atoms with Gasteiger partial charge >= 0.3 is 0 Å². The van der Waals surface area contributed by atoms with Gasteiger partial charge in [-0.15, -0.1) is 0 Å². The number of carbonyl (C=O) groups excluding carboxylic acids is 2. The second-order valence-corrected chi connectivity index (χ2v) is 11.4. The molecule has 1 atom stereocenters. The summed E-state index contributed by atoms with van der Waals surface area (Å²) in [5, 5.41) is 28.0. The summed E-state index contributed by atoms with van der Waals surface area (Å²) >= 11 is 0. The maximum Gasteiger partial charge on any atom is 0.300 e. The Kier molecular flexibility index (Phi) is 9.90. The normalized spacial score (nSPS) is 15.7. The fraction of sp³-hybridized carbons (Fsp3) is 0.314. The number of aromatic hydroxyl groups is 1. The molecule has 3 aromatic carbocycles. The lowest BCUT2D eigenvalue weighted by atomic mass is 9.87. The number of aryl methyl sites for hydroxylation is 2. The summed E-state index contributed by atoms with van der Waals surface area (Å²) in [5.74, 6) is 0.517. The van der Waals surface area contributed by atoms with Gasteiger partial charge in [0.25, 0.3) is 11.9 Å². The first kappa shape index (κ1) is 32.1. The first-order chi connectivity index (χ1) is 22.1. The number of carboxylic acid groups (broad SMARTS) is 1. The zero-order chi connectivity index (χ0) is 32.8. The lowest BCUT2D eigenvalue weighted by Crippen LogP contribution is -2.40. The molecule has 3 aliphatic rings. The van der Waals surface area contributed by atoms with E-state index in [4.69, 9.17) is 19.4 Å². The van der Waals surface area contributed by atoms with Gasteiger partial charge in [-0.2, -0.15) is 5.10 Å². The number of nitrogens with zero attached hydrogens (tertiary/aromatic N) is 2. The Bertz CT molecular complexity index is 1740. The van der Waals surface area contributed by atoms with Crippen molar-refractivity contribution in [3.8, 4) is 23.0 Å². The van der Waals surface area contributed by atoms with Gasteiger partial charge in [-0.25, -0.2) is 0 Å². The molecule has 1 unspecified atom stereocenters. The van der Waals surface area contributed by atoms with Gasteiger partial charge in [-0.3, -0.25) is 19.5 Å². The fourth-order valence-corrected chi connectivity index (χ4v) is 5.67. The molecule has 0 spiro atoms. The van der Waals surface area contributed by atoms with Crippen LogP contribution in [-0.2, 0) is 22.4 Å². The first-order valence-electron chi connectivity index (χ1n) is 15.2. The van der Waals surface area contributed by atoms with Gasteiger partial charge in [-0.1, -0.05) is 18.2 Å². The smallest absolute Gasteiger partial charge is 0.300 e. The highest BCUT2D eigenvalue weighted by molar-refractivity contribution is 5.97. The highest BCUT2D eigenvalue weighted by atomic mass is 16.5. The van der Waals surface area contributed by atoms with Gasteiger partial charge < -0.3 is 29.9 Å². The molecule has 11 heteroatoms. The highest BCUT2D eigenvalue weighted by Crippen LogP contribution is 2.39. The molecular formula is C35H38N4O7. The number of phenolic OH excluding ortho intramolecular Hbond substituents is 1. The Morgan fingerprint density at radius 1 is 1.04 bits per heavy atom. The van der Waals surface area contributed by atoms with E-state index in [0.29, 0.717) is 62.6 Å². The number of fused-ring (bicyclic) bond motifs is 6. The predicted octanol–water partition coefficient (Wildman–Crippen LogP) is 5.23. The van der Waals surface area contributed by atoms with Crippen LogP contribution < -0.4 is 14.8 Å². The summed E-state index contributed by atoms with van der Waals surface area (Å²) in [7, 11) is 0. The summed E-state index contributed by atoms with van der Waals surface area (Å²) in [6.07, 6.45) is 2.20. The molecule has 0 radical (unpaired) electrons. The van der Waals surface area contributed by atoms with E-state index >= 15 is 0 Å². The molecule has 4 N–H and O–H groups in total. The maximum absolute atomic E-state index is 13.8. The van der Waals surface area contributed by atoms with Crippen molar-refractivity contribution in [1.29, 1.82) is 0 Å². The predicted molar refractivity (Wildman–Crippen MR) is 170 cm³/mol. The largest absolute Gasteiger partial charge is 0.507 e. The van der Waals surface area contributed by atoms with E-state index in [1.807, 2.05) is 61.2 Å². The number of carbonyl (C=O) groups is 3. The van der Waals surface area contributed by atoms with Crippen molar-refractivity contribution in [1.82, 2.24) is 20.4 Å². The molecule has 7 rings (SSSR count). The average molecular weight is 627 g/mol. The van der Waals surface area contributed by atoms with E-state index in [1.165, 1.54) is 6.07 Å². The summed E-state index contributed by atoms with van der Waals surface area (Å²) in [4.78, 5) is 37.5. The summed E-state index contributed by atoms with van der Waals surface area (Å²) in [6.45, 7) is 6.44. The van der Waals surface area contributed by atoms with Crippen LogP contribution in [0.2, 0.25) is 0 Å². The Labute approximate surface area is 267 Å². The molecule has 3 aliphatic heterocycles. The van der Waals surface area contributed by atoms with Crippen molar-refractivity contribution in [2.75, 3.05) is 19.7 Å². The minimum Gasteiger partial charge on any atom is -0.507 e. The molecule has 1 aromatic heterocycles. The number of hydrogen-bond acceptors (Lipinski definition) is 7. The summed E-state index contributed by atoms with van der Waals surface area (Å²) in [6, 6.07) is 18.1. The van der Waals surface area contributed by atoms with Crippen molar-refractivity contribution in [3.05, 3.63) is 99.9 Å². The number of rotatable bonds is 3. The van der Waals surface area contributed by atoms with Crippen LogP contribution in [0.4, 0.5) is 0 Å². The number of nitrogens with one attached hydrogen (secondary N) is 2. The van der Waals surface area contributed by atoms with Gasteiger partial charge in [0, 0.05) is 38.5 Å². The van der Waals surface area contributed by atoms with E-state index < -0.39 is 5.97 Å². The standard InChI is InChI=1S/C33H34N4O5.C2H4O2/c1-20-21(2)35-36-29(20)10-12-31(39)37-15-13-22-17-25-7-9-27(22)32(37)23-5-3-6-24(18-23)41-16-4-14-34-33(40)28-19-26(42-25)8-11-30(28)38;1-2(3)4/h3,5-9,11,17-19,32,38H,4,10,12-16H2,1-2H3,(H,34,40)(H,35,36);1H3,(H,3,4). The minimum atomic E-state index is -0.833. The van der Waals surface area contributed by atoms with Crippen molar-refractivity contribution in [2.24, 2.45) is 0 Å². The molecule has 11 nitrogen and oxygen atoms in total. The van der Waals surface area contributed by atoms with Crippen LogP contribution in [0.25, 0.3) is 0 Å². The Morgan fingerprint density at radius 3 is 2.57 bits per heavy atom. The number of aliphatic carboxylic acids is 1. The van der Waals surface area contributed by atoms with Gasteiger partial charge in [0.2, 0.25) is 5.91 Å². The van der Waals surface area contributed by atoms with E-state index in [2.05, 4.69) is 15.5 Å². The average Bonchev–Trinajstić information content (AvgIpc) is 3.35. The number of hydrogen-bond donors (Lipinski definition) is 4. The molecule has 4 heterocycles. The number of amides is 2. The lowest BCUT2D eigenvalue weighted by molar-refractivity contribution is -0.134. The molecule has 0 aliphatic carbocycles. The molecule has 0 saturated heterocycles. The van der Waals surface area contributed by atoms with Crippen molar-refractivity contribution in [3.63, 3.8) is 0 Å². The van der Waals surface area contributed by atoms with E-state index in [0.717, 1.165) is 40.6 Å². The number of aromatic nitrogens is 2. The molecule has 2 amide bonds. The van der Waals surface area contributed by atoms with Crippen molar-refractivity contribution in [2.45, 2.75) is 52.5 Å². The molecule has 8 bridgehead atoms. The van der Waals surface area contributed by atoms with E-state index in [1.54, 1.807) is 12.1 Å². The number of carboxylic acids is 1. The van der Waals surface area contributed by atoms with Gasteiger partial charge in [-0.05, 0) is 91.4 Å². The van der Waals surface area contributed by atoms with Crippen LogP contribution >= 0.6 is 0 Å². The van der Waals surface area contributed by atoms with Crippen LogP contribution in [-0.4, -0.2) is 62.8 Å². The van der Waals surface area contributed by atoms with E-state index in [9.17, 15) is 14.7 Å². The molecule has 46 heavy (non-hydrogen) atoms. The van der Waals surface area contributed by atoms with Gasteiger partial charge in [0.05, 0.1) is 23.9 Å². The third-order valence-electron chi connectivity index (χ3n) is 8.09. The molecule has 240 valence electrons. The van der Waals surface area contributed by atoms with Crippen LogP contribution in [0.15, 0.2) is 60.7 Å². The third-order valence-corrected chi connectivity index (χ3v) is 8.09. The second-order valence-electron chi connectivity index (χ2n) is 11.4. The van der Waals surface area contributed by atoms with Gasteiger partial charge in [0.1, 0.15) is 23.0 Å². The van der Waals surface area contributed by atoms with E-state index in [-0.39, 0.29) is 29.2 Å². The first-order valence-corrected chi connectivity index (χ1v) is 15.2. The minimum absolute atomic E-state index is 0.0758. The van der Waals surface area contributed by atoms with Crippen molar-refractivity contribution >= 4 is 17.8 Å². The number of H-pyrrole nitrogens is 1. The highest BCUT2D eigenvalue weighted by Gasteiger charge is 2.32. The van der Waals surface area contributed by atoms with Gasteiger partial charge in [0.15, 0.2) is 0 Å². The topological polar surface area (TPSA) is 154 Å². The second kappa shape index (κ2) is 14.2. The summed E-state index contributed by atoms with van der Waals surface area (Å²) in [5.41, 5.74) is 6.29.